The van der Waals surface area contributed by atoms with Crippen LogP contribution in [0.4, 0.5) is 24.7 Å². The number of carbonyl (C=O) groups is 1. The van der Waals surface area contributed by atoms with Crippen molar-refractivity contribution in [2.75, 3.05) is 12.4 Å². The van der Waals surface area contributed by atoms with E-state index in [1.807, 2.05) is 6.92 Å². The lowest BCUT2D eigenvalue weighted by atomic mass is 10.0. The standard InChI is InChI=1S/C20H17ClF3N5O2/c1-10-3-4-11-7-12(26-16-14(18(30)31-2)8-25-19(21)28-16)5-6-13(11)17-27-15(9-29(10)17)20(22,23)24/h5-10H,3-4H2,1-2H3,(H,25,26,28). The number of aryl methyl sites for hydroxylation is 1. The highest BCUT2D eigenvalue weighted by molar-refractivity contribution is 6.28. The Morgan fingerprint density at radius 3 is 2.81 bits per heavy atom. The fraction of sp³-hybridized carbons (Fsp3) is 0.300. The summed E-state index contributed by atoms with van der Waals surface area (Å²) in [5.41, 5.74) is 1.22. The van der Waals surface area contributed by atoms with Crippen molar-refractivity contribution < 1.29 is 22.7 Å². The van der Waals surface area contributed by atoms with E-state index < -0.39 is 17.8 Å². The number of esters is 1. The van der Waals surface area contributed by atoms with Crippen LogP contribution in [0.15, 0.2) is 30.6 Å². The van der Waals surface area contributed by atoms with Crippen molar-refractivity contribution in [2.45, 2.75) is 32.0 Å². The summed E-state index contributed by atoms with van der Waals surface area (Å²) in [5.74, 6) is -0.196. The highest BCUT2D eigenvalue weighted by atomic mass is 35.5. The number of imidazole rings is 1. The van der Waals surface area contributed by atoms with E-state index in [1.165, 1.54) is 13.3 Å². The molecule has 2 aromatic heterocycles. The van der Waals surface area contributed by atoms with Crippen LogP contribution in [0.5, 0.6) is 0 Å². The number of hydrogen-bond donors (Lipinski definition) is 1. The van der Waals surface area contributed by atoms with Gasteiger partial charge in [-0.05, 0) is 55.1 Å². The molecule has 1 aliphatic rings. The molecule has 1 aromatic carbocycles. The molecule has 31 heavy (non-hydrogen) atoms. The van der Waals surface area contributed by atoms with Crippen molar-refractivity contribution in [1.82, 2.24) is 19.5 Å². The molecule has 3 heterocycles. The van der Waals surface area contributed by atoms with Gasteiger partial charge in [0.1, 0.15) is 17.2 Å². The van der Waals surface area contributed by atoms with E-state index in [4.69, 9.17) is 16.3 Å². The van der Waals surface area contributed by atoms with Gasteiger partial charge in [0.25, 0.3) is 0 Å². The van der Waals surface area contributed by atoms with Crippen LogP contribution in [-0.2, 0) is 17.3 Å². The van der Waals surface area contributed by atoms with E-state index in [-0.39, 0.29) is 28.5 Å². The summed E-state index contributed by atoms with van der Waals surface area (Å²) in [5, 5.41) is 2.97. The van der Waals surface area contributed by atoms with Crippen LogP contribution < -0.4 is 5.32 Å². The summed E-state index contributed by atoms with van der Waals surface area (Å²) in [4.78, 5) is 23.7. The first-order valence-electron chi connectivity index (χ1n) is 9.34. The third kappa shape index (κ3) is 4.07. The van der Waals surface area contributed by atoms with Crippen LogP contribution in [0.2, 0.25) is 5.28 Å². The number of alkyl halides is 3. The van der Waals surface area contributed by atoms with E-state index in [9.17, 15) is 18.0 Å². The average Bonchev–Trinajstić information content (AvgIpc) is 3.13. The van der Waals surface area contributed by atoms with Crippen molar-refractivity contribution in [3.05, 3.63) is 52.7 Å². The summed E-state index contributed by atoms with van der Waals surface area (Å²) in [6.45, 7) is 1.86. The summed E-state index contributed by atoms with van der Waals surface area (Å²) in [6.07, 6.45) is -0.914. The average molecular weight is 452 g/mol. The number of nitrogens with one attached hydrogen (secondary N) is 1. The van der Waals surface area contributed by atoms with Gasteiger partial charge in [0.05, 0.1) is 7.11 Å². The topological polar surface area (TPSA) is 81.9 Å². The zero-order chi connectivity index (χ0) is 22.3. The zero-order valence-corrected chi connectivity index (χ0v) is 17.3. The Labute approximate surface area is 180 Å². The van der Waals surface area contributed by atoms with Gasteiger partial charge >= 0.3 is 12.1 Å². The van der Waals surface area contributed by atoms with E-state index in [0.29, 0.717) is 24.1 Å². The third-order valence-corrected chi connectivity index (χ3v) is 5.28. The molecule has 4 rings (SSSR count). The molecule has 0 bridgehead atoms. The Morgan fingerprint density at radius 1 is 1.32 bits per heavy atom. The number of benzene rings is 1. The molecule has 3 aromatic rings. The smallest absolute Gasteiger partial charge is 0.434 e. The fourth-order valence-electron chi connectivity index (χ4n) is 3.52. The first-order valence-corrected chi connectivity index (χ1v) is 9.72. The highest BCUT2D eigenvalue weighted by Crippen LogP contribution is 2.38. The predicted octanol–water partition coefficient (Wildman–Crippen LogP) is 5.05. The lowest BCUT2D eigenvalue weighted by Gasteiger charge is -2.12. The van der Waals surface area contributed by atoms with E-state index in [1.54, 1.807) is 22.8 Å². The highest BCUT2D eigenvalue weighted by Gasteiger charge is 2.36. The Balaban J connectivity index is 1.73. The summed E-state index contributed by atoms with van der Waals surface area (Å²) >= 11 is 5.86. The Kier molecular flexibility index (Phi) is 5.34. The molecule has 0 aliphatic carbocycles. The van der Waals surface area contributed by atoms with Gasteiger partial charge < -0.3 is 14.6 Å². The van der Waals surface area contributed by atoms with E-state index in [0.717, 1.165) is 11.8 Å². The molecule has 1 aliphatic heterocycles. The summed E-state index contributed by atoms with van der Waals surface area (Å²) in [6, 6.07) is 5.04. The van der Waals surface area contributed by atoms with Crippen LogP contribution in [0, 0.1) is 0 Å². The van der Waals surface area contributed by atoms with Gasteiger partial charge in [0.2, 0.25) is 5.28 Å². The molecular formula is C20H17ClF3N5O2. The molecule has 0 fully saturated rings. The molecule has 162 valence electrons. The van der Waals surface area contributed by atoms with Gasteiger partial charge in [-0.25, -0.2) is 14.8 Å². The second kappa shape index (κ2) is 7.84. The van der Waals surface area contributed by atoms with Gasteiger partial charge in [-0.1, -0.05) is 0 Å². The van der Waals surface area contributed by atoms with Gasteiger partial charge in [-0.2, -0.15) is 18.2 Å². The number of aromatic nitrogens is 4. The zero-order valence-electron chi connectivity index (χ0n) is 16.5. The number of ether oxygens (including phenoxy) is 1. The molecule has 0 saturated carbocycles. The maximum atomic E-state index is 13.2. The lowest BCUT2D eigenvalue weighted by Crippen LogP contribution is -2.09. The van der Waals surface area contributed by atoms with Crippen LogP contribution in [0.1, 0.15) is 41.0 Å². The fourth-order valence-corrected chi connectivity index (χ4v) is 3.65. The molecule has 0 saturated heterocycles. The summed E-state index contributed by atoms with van der Waals surface area (Å²) < 4.78 is 45.9. The molecular weight excluding hydrogens is 435 g/mol. The maximum absolute atomic E-state index is 13.2. The maximum Gasteiger partial charge on any atom is 0.434 e. The van der Waals surface area contributed by atoms with E-state index >= 15 is 0 Å². The minimum atomic E-state index is -4.52. The first kappa shape index (κ1) is 21.1. The minimum absolute atomic E-state index is 0.0551. The monoisotopic (exact) mass is 451 g/mol. The summed E-state index contributed by atoms with van der Waals surface area (Å²) in [7, 11) is 1.24. The van der Waals surface area contributed by atoms with Crippen LogP contribution >= 0.6 is 11.6 Å². The van der Waals surface area contributed by atoms with Crippen LogP contribution in [0.25, 0.3) is 11.4 Å². The van der Waals surface area contributed by atoms with Crippen LogP contribution in [0.3, 0.4) is 0 Å². The van der Waals surface area contributed by atoms with E-state index in [2.05, 4.69) is 20.3 Å². The number of hydrogen-bond acceptors (Lipinski definition) is 6. The third-order valence-electron chi connectivity index (χ3n) is 5.10. The largest absolute Gasteiger partial charge is 0.465 e. The van der Waals surface area contributed by atoms with Gasteiger partial charge in [0.15, 0.2) is 5.69 Å². The molecule has 0 radical (unpaired) electrons. The quantitative estimate of drug-likeness (QED) is 0.443. The molecule has 0 amide bonds. The molecule has 0 spiro atoms. The number of rotatable bonds is 3. The molecule has 11 heteroatoms. The Morgan fingerprint density at radius 2 is 2.10 bits per heavy atom. The number of nitrogens with zero attached hydrogens (tertiary/aromatic N) is 4. The second-order valence-electron chi connectivity index (χ2n) is 7.13. The van der Waals surface area contributed by atoms with Gasteiger partial charge in [-0.3, -0.25) is 0 Å². The van der Waals surface area contributed by atoms with Crippen molar-refractivity contribution in [2.24, 2.45) is 0 Å². The molecule has 1 N–H and O–H groups in total. The van der Waals surface area contributed by atoms with Crippen molar-refractivity contribution in [3.63, 3.8) is 0 Å². The minimum Gasteiger partial charge on any atom is -0.465 e. The lowest BCUT2D eigenvalue weighted by molar-refractivity contribution is -0.140. The van der Waals surface area contributed by atoms with Crippen LogP contribution in [-0.4, -0.2) is 32.6 Å². The molecule has 7 nitrogen and oxygen atoms in total. The van der Waals surface area contributed by atoms with Gasteiger partial charge in [0, 0.05) is 29.7 Å². The number of carbonyl (C=O) groups excluding carboxylic acids is 1. The second-order valence-corrected chi connectivity index (χ2v) is 7.47. The SMILES string of the molecule is COC(=O)c1cnc(Cl)nc1Nc1ccc2c(c1)CCC(C)n1cc(C(F)(F)F)nc1-2. The first-order chi connectivity index (χ1) is 14.7. The van der Waals surface area contributed by atoms with Gasteiger partial charge in [-0.15, -0.1) is 0 Å². The van der Waals surface area contributed by atoms with Crippen molar-refractivity contribution in [3.8, 4) is 11.4 Å². The number of halogens is 4. The number of methoxy groups -OCH3 is 1. The number of fused-ring (bicyclic) bond motifs is 3. The Bertz CT molecular complexity index is 1160. The normalized spacial score (nSPS) is 15.6. The Hall–Kier alpha value is -3.14. The molecule has 1 atom stereocenters. The predicted molar refractivity (Wildman–Crippen MR) is 107 cm³/mol. The van der Waals surface area contributed by atoms with Crippen molar-refractivity contribution >= 4 is 29.1 Å². The number of anilines is 2. The molecule has 1 unspecified atom stereocenters. The van der Waals surface area contributed by atoms with Crippen molar-refractivity contribution in [1.29, 1.82) is 0 Å².